The minimum atomic E-state index is -0.493. The summed E-state index contributed by atoms with van der Waals surface area (Å²) in [7, 11) is 1.39. The fourth-order valence-corrected chi connectivity index (χ4v) is 2.20. The number of nitrogens with zero attached hydrogens (tertiary/aromatic N) is 3. The number of anilines is 1. The molecule has 2 N–H and O–H groups in total. The number of H-pyrrole nitrogens is 1. The first-order valence-electron chi connectivity index (χ1n) is 7.12. The normalized spacial score (nSPS) is 10.4. The Bertz CT molecular complexity index is 834. The molecular formula is C16H14FN5O2. The van der Waals surface area contributed by atoms with Gasteiger partial charge in [0.05, 0.1) is 13.5 Å². The van der Waals surface area contributed by atoms with E-state index < -0.39 is 5.82 Å². The van der Waals surface area contributed by atoms with Crippen LogP contribution in [-0.4, -0.2) is 33.6 Å². The molecular weight excluding hydrogens is 313 g/mol. The van der Waals surface area contributed by atoms with E-state index in [9.17, 15) is 9.18 Å². The highest BCUT2D eigenvalue weighted by atomic mass is 19.1. The predicted molar refractivity (Wildman–Crippen MR) is 84.9 cm³/mol. The Labute approximate surface area is 136 Å². The molecule has 122 valence electrons. The number of rotatable bonds is 5. The Morgan fingerprint density at radius 2 is 2.04 bits per heavy atom. The first-order valence-corrected chi connectivity index (χ1v) is 7.12. The Morgan fingerprint density at radius 1 is 1.25 bits per heavy atom. The standard InChI is InChI=1S/C16H14FN5O2/c1-24-14-7-2-10(8-13(14)17)9-15(23)18-12-5-3-11(4-6-12)16-19-21-22-20-16/h2-8H,9H2,1H3,(H,18,23)(H,19,20,21,22). The zero-order chi connectivity index (χ0) is 16.9. The zero-order valence-electron chi connectivity index (χ0n) is 12.8. The lowest BCUT2D eigenvalue weighted by Crippen LogP contribution is -2.14. The van der Waals surface area contributed by atoms with E-state index in [1.54, 1.807) is 30.3 Å². The highest BCUT2D eigenvalue weighted by molar-refractivity contribution is 5.92. The highest BCUT2D eigenvalue weighted by Gasteiger charge is 2.09. The van der Waals surface area contributed by atoms with E-state index in [4.69, 9.17) is 4.74 Å². The zero-order valence-corrected chi connectivity index (χ0v) is 12.8. The fraction of sp³-hybridized carbons (Fsp3) is 0.125. The van der Waals surface area contributed by atoms with Crippen LogP contribution in [0.4, 0.5) is 10.1 Å². The molecule has 24 heavy (non-hydrogen) atoms. The van der Waals surface area contributed by atoms with Crippen molar-refractivity contribution in [2.75, 3.05) is 12.4 Å². The summed E-state index contributed by atoms with van der Waals surface area (Å²) in [6, 6.07) is 11.5. The Morgan fingerprint density at radius 3 is 2.67 bits per heavy atom. The molecule has 8 heteroatoms. The van der Waals surface area contributed by atoms with Crippen molar-refractivity contribution in [1.29, 1.82) is 0 Å². The average molecular weight is 327 g/mol. The molecule has 0 saturated carbocycles. The van der Waals surface area contributed by atoms with Gasteiger partial charge in [-0.2, -0.15) is 5.21 Å². The van der Waals surface area contributed by atoms with Crippen molar-refractivity contribution in [3.05, 3.63) is 53.8 Å². The van der Waals surface area contributed by atoms with Gasteiger partial charge >= 0.3 is 0 Å². The first kappa shape index (κ1) is 15.6. The molecule has 0 unspecified atom stereocenters. The van der Waals surface area contributed by atoms with Gasteiger partial charge in [0.15, 0.2) is 11.6 Å². The van der Waals surface area contributed by atoms with Crippen molar-refractivity contribution < 1.29 is 13.9 Å². The van der Waals surface area contributed by atoms with Gasteiger partial charge in [0.25, 0.3) is 0 Å². The molecule has 1 aromatic heterocycles. The number of halogens is 1. The molecule has 0 aliphatic rings. The van der Waals surface area contributed by atoms with Crippen molar-refractivity contribution in [2.45, 2.75) is 6.42 Å². The minimum Gasteiger partial charge on any atom is -0.494 e. The third kappa shape index (κ3) is 3.54. The average Bonchev–Trinajstić information content (AvgIpc) is 3.10. The third-order valence-corrected chi connectivity index (χ3v) is 3.35. The van der Waals surface area contributed by atoms with Gasteiger partial charge < -0.3 is 10.1 Å². The number of methoxy groups -OCH3 is 1. The fourth-order valence-electron chi connectivity index (χ4n) is 2.20. The van der Waals surface area contributed by atoms with Crippen LogP contribution in [0, 0.1) is 5.82 Å². The molecule has 0 radical (unpaired) electrons. The Kier molecular flexibility index (Phi) is 4.46. The van der Waals surface area contributed by atoms with Crippen LogP contribution in [0.25, 0.3) is 11.4 Å². The second-order valence-electron chi connectivity index (χ2n) is 5.01. The molecule has 0 atom stereocenters. The van der Waals surface area contributed by atoms with Crippen LogP contribution in [0.5, 0.6) is 5.75 Å². The van der Waals surface area contributed by atoms with Crippen LogP contribution < -0.4 is 10.1 Å². The number of aromatic nitrogens is 4. The van der Waals surface area contributed by atoms with Crippen LogP contribution in [-0.2, 0) is 11.2 Å². The molecule has 1 amide bonds. The largest absolute Gasteiger partial charge is 0.494 e. The number of amides is 1. The maximum Gasteiger partial charge on any atom is 0.228 e. The quantitative estimate of drug-likeness (QED) is 0.749. The SMILES string of the molecule is COc1ccc(CC(=O)Nc2ccc(-c3nn[nH]n3)cc2)cc1F. The third-order valence-electron chi connectivity index (χ3n) is 3.35. The molecule has 0 fully saturated rings. The van der Waals surface area contributed by atoms with E-state index in [1.165, 1.54) is 19.2 Å². The summed E-state index contributed by atoms with van der Waals surface area (Å²) in [5.74, 6) is -0.114. The summed E-state index contributed by atoms with van der Waals surface area (Å²) in [6.07, 6.45) is 0.0630. The second-order valence-corrected chi connectivity index (χ2v) is 5.01. The molecule has 3 rings (SSSR count). The summed E-state index contributed by atoms with van der Waals surface area (Å²) in [4.78, 5) is 12.1. The lowest BCUT2D eigenvalue weighted by atomic mass is 10.1. The molecule has 3 aromatic rings. The van der Waals surface area contributed by atoms with Gasteiger partial charge in [-0.3, -0.25) is 4.79 Å². The lowest BCUT2D eigenvalue weighted by molar-refractivity contribution is -0.115. The summed E-state index contributed by atoms with van der Waals surface area (Å²) in [5, 5.41) is 16.4. The van der Waals surface area contributed by atoms with Crippen LogP contribution in [0.3, 0.4) is 0 Å². The summed E-state index contributed by atoms with van der Waals surface area (Å²) in [6.45, 7) is 0. The van der Waals surface area contributed by atoms with Gasteiger partial charge in [0.2, 0.25) is 11.7 Å². The van der Waals surface area contributed by atoms with E-state index in [0.29, 0.717) is 17.1 Å². The second kappa shape index (κ2) is 6.86. The van der Waals surface area contributed by atoms with Crippen molar-refractivity contribution >= 4 is 11.6 Å². The number of benzene rings is 2. The molecule has 0 saturated heterocycles. The molecule has 2 aromatic carbocycles. The molecule has 0 aliphatic carbocycles. The van der Waals surface area contributed by atoms with Crippen LogP contribution in [0.1, 0.15) is 5.56 Å². The van der Waals surface area contributed by atoms with Crippen molar-refractivity contribution in [3.63, 3.8) is 0 Å². The molecule has 0 bridgehead atoms. The highest BCUT2D eigenvalue weighted by Crippen LogP contribution is 2.19. The van der Waals surface area contributed by atoms with Crippen LogP contribution >= 0.6 is 0 Å². The number of hydrogen-bond acceptors (Lipinski definition) is 5. The maximum atomic E-state index is 13.6. The summed E-state index contributed by atoms with van der Waals surface area (Å²) >= 11 is 0. The smallest absolute Gasteiger partial charge is 0.228 e. The molecule has 0 aliphatic heterocycles. The lowest BCUT2D eigenvalue weighted by Gasteiger charge is -2.07. The van der Waals surface area contributed by atoms with E-state index in [0.717, 1.165) is 5.56 Å². The van der Waals surface area contributed by atoms with Gasteiger partial charge in [-0.15, -0.1) is 10.2 Å². The number of carbonyl (C=O) groups is 1. The number of carbonyl (C=O) groups excluding carboxylic acids is 1. The van der Waals surface area contributed by atoms with Crippen molar-refractivity contribution in [3.8, 4) is 17.1 Å². The van der Waals surface area contributed by atoms with Gasteiger partial charge in [-0.1, -0.05) is 6.07 Å². The maximum absolute atomic E-state index is 13.6. The van der Waals surface area contributed by atoms with E-state index in [-0.39, 0.29) is 18.1 Å². The molecule has 7 nitrogen and oxygen atoms in total. The van der Waals surface area contributed by atoms with Gasteiger partial charge in [0, 0.05) is 11.3 Å². The van der Waals surface area contributed by atoms with Gasteiger partial charge in [-0.05, 0) is 47.2 Å². The van der Waals surface area contributed by atoms with Crippen molar-refractivity contribution in [1.82, 2.24) is 20.6 Å². The van der Waals surface area contributed by atoms with Gasteiger partial charge in [-0.25, -0.2) is 4.39 Å². The minimum absolute atomic E-state index is 0.0630. The number of tetrazole rings is 1. The topological polar surface area (TPSA) is 92.8 Å². The van der Waals surface area contributed by atoms with Gasteiger partial charge in [0.1, 0.15) is 0 Å². The van der Waals surface area contributed by atoms with E-state index in [2.05, 4.69) is 25.9 Å². The monoisotopic (exact) mass is 327 g/mol. The number of hydrogen-bond donors (Lipinski definition) is 2. The van der Waals surface area contributed by atoms with Crippen molar-refractivity contribution in [2.24, 2.45) is 0 Å². The van der Waals surface area contributed by atoms with Crippen LogP contribution in [0.15, 0.2) is 42.5 Å². The number of ether oxygens (including phenoxy) is 1. The van der Waals surface area contributed by atoms with E-state index >= 15 is 0 Å². The number of nitrogens with one attached hydrogen (secondary N) is 2. The Hall–Kier alpha value is -3.29. The van der Waals surface area contributed by atoms with Crippen LogP contribution in [0.2, 0.25) is 0 Å². The predicted octanol–water partition coefficient (Wildman–Crippen LogP) is 2.20. The van der Waals surface area contributed by atoms with E-state index in [1.807, 2.05) is 0 Å². The molecule has 0 spiro atoms. The molecule has 1 heterocycles. The summed E-state index contributed by atoms with van der Waals surface area (Å²) < 4.78 is 18.5. The summed E-state index contributed by atoms with van der Waals surface area (Å²) in [5.41, 5.74) is 1.97. The number of aromatic amines is 1. The Balaban J connectivity index is 1.63. The first-order chi connectivity index (χ1) is 11.7.